The van der Waals surface area contributed by atoms with Crippen molar-refractivity contribution in [3.63, 3.8) is 0 Å². The highest BCUT2D eigenvalue weighted by Crippen LogP contribution is 2.31. The summed E-state index contributed by atoms with van der Waals surface area (Å²) in [5.74, 6) is 0. The van der Waals surface area contributed by atoms with Gasteiger partial charge in [-0.1, -0.05) is 42.0 Å². The molecule has 0 fully saturated rings. The van der Waals surface area contributed by atoms with Gasteiger partial charge >= 0.3 is 6.18 Å². The van der Waals surface area contributed by atoms with Gasteiger partial charge in [0.2, 0.25) is 0 Å². The van der Waals surface area contributed by atoms with Gasteiger partial charge in [-0.3, -0.25) is 0 Å². The maximum atomic E-state index is 12.9. The lowest BCUT2D eigenvalue weighted by Crippen LogP contribution is -2.24. The zero-order valence-electron chi connectivity index (χ0n) is 14.5. The molecule has 0 amide bonds. The minimum Gasteiger partial charge on any atom is -0.200 e. The van der Waals surface area contributed by atoms with Crippen LogP contribution >= 0.6 is 0 Å². The van der Waals surface area contributed by atoms with E-state index in [0.29, 0.717) is 17.0 Å². The van der Waals surface area contributed by atoms with Gasteiger partial charge in [0.1, 0.15) is 5.52 Å². The molecule has 1 heterocycles. The van der Waals surface area contributed by atoms with Crippen molar-refractivity contribution in [2.45, 2.75) is 18.0 Å². The van der Waals surface area contributed by atoms with Crippen LogP contribution in [0.4, 0.5) is 13.2 Å². The maximum Gasteiger partial charge on any atom is 0.416 e. The molecule has 0 atom stereocenters. The molecule has 1 N–H and O–H groups in total. The van der Waals surface area contributed by atoms with Gasteiger partial charge in [0.25, 0.3) is 10.0 Å². The number of rotatable bonds is 3. The molecule has 1 aromatic heterocycles. The van der Waals surface area contributed by atoms with E-state index in [9.17, 15) is 21.6 Å². The zero-order chi connectivity index (χ0) is 20.1. The lowest BCUT2D eigenvalue weighted by molar-refractivity contribution is -0.137. The van der Waals surface area contributed by atoms with E-state index in [1.54, 1.807) is 6.07 Å². The van der Waals surface area contributed by atoms with Crippen molar-refractivity contribution in [3.8, 4) is 0 Å². The normalized spacial score (nSPS) is 12.6. The average molecular weight is 405 g/mol. The summed E-state index contributed by atoms with van der Waals surface area (Å²) in [6, 6.07) is 13.0. The Balaban J connectivity index is 1.82. The van der Waals surface area contributed by atoms with E-state index in [1.165, 1.54) is 6.20 Å². The number of halogens is 3. The Bertz CT molecular complexity index is 1310. The van der Waals surface area contributed by atoms with Crippen LogP contribution in [0.1, 0.15) is 11.1 Å². The molecule has 0 spiro atoms. The van der Waals surface area contributed by atoms with Gasteiger partial charge in [0.15, 0.2) is 0 Å². The lowest BCUT2D eigenvalue weighted by atomic mass is 10.1. The van der Waals surface area contributed by atoms with Crippen LogP contribution < -0.4 is 4.83 Å². The summed E-state index contributed by atoms with van der Waals surface area (Å²) in [6.07, 6.45) is -3.15. The Morgan fingerprint density at radius 3 is 2.50 bits per heavy atom. The molecule has 0 aliphatic rings. The molecule has 5 nitrogen and oxygen atoms in total. The van der Waals surface area contributed by atoms with Crippen molar-refractivity contribution in [3.05, 3.63) is 71.9 Å². The van der Waals surface area contributed by atoms with E-state index in [4.69, 9.17) is 0 Å². The van der Waals surface area contributed by atoms with Gasteiger partial charge in [0.05, 0.1) is 16.7 Å². The molecule has 0 bridgehead atoms. The van der Waals surface area contributed by atoms with Crippen molar-refractivity contribution < 1.29 is 21.6 Å². The predicted molar refractivity (Wildman–Crippen MR) is 100.0 cm³/mol. The largest absolute Gasteiger partial charge is 0.416 e. The summed E-state index contributed by atoms with van der Waals surface area (Å²) < 4.78 is 64.1. The van der Waals surface area contributed by atoms with Crippen molar-refractivity contribution in [1.82, 2.24) is 9.89 Å². The maximum absolute atomic E-state index is 12.9. The number of alkyl halides is 3. The summed E-state index contributed by atoms with van der Waals surface area (Å²) in [7, 11) is -4.28. The number of sulfonamides is 1. The third-order valence-electron chi connectivity index (χ3n) is 4.38. The van der Waals surface area contributed by atoms with Crippen LogP contribution in [-0.2, 0) is 16.2 Å². The molecule has 28 heavy (non-hydrogen) atoms. The van der Waals surface area contributed by atoms with Crippen LogP contribution in [0.15, 0.2) is 65.7 Å². The van der Waals surface area contributed by atoms with E-state index in [-0.39, 0.29) is 0 Å². The molecule has 144 valence electrons. The Labute approximate surface area is 158 Å². The summed E-state index contributed by atoms with van der Waals surface area (Å²) in [4.78, 5) is 2.83. The van der Waals surface area contributed by atoms with E-state index in [0.717, 1.165) is 39.3 Å². The number of hydrogen-bond acceptors (Lipinski definition) is 3. The van der Waals surface area contributed by atoms with Crippen LogP contribution in [-0.4, -0.2) is 18.3 Å². The highest BCUT2D eigenvalue weighted by Gasteiger charge is 2.31. The van der Waals surface area contributed by atoms with Gasteiger partial charge in [0, 0.05) is 10.8 Å². The van der Waals surface area contributed by atoms with Gasteiger partial charge in [-0.05, 0) is 30.5 Å². The second kappa shape index (κ2) is 6.23. The molecule has 0 aliphatic carbocycles. The summed E-state index contributed by atoms with van der Waals surface area (Å²) >= 11 is 0. The fraction of sp³-hybridized carbons (Fsp3) is 0.105. The van der Waals surface area contributed by atoms with Crippen LogP contribution in [0.5, 0.6) is 0 Å². The Morgan fingerprint density at radius 1 is 1.00 bits per heavy atom. The molecular weight excluding hydrogens is 391 g/mol. The second-order valence-electron chi connectivity index (χ2n) is 6.40. The molecular formula is C19H14F3N3O2S. The first-order chi connectivity index (χ1) is 13.1. The van der Waals surface area contributed by atoms with E-state index >= 15 is 0 Å². The second-order valence-corrected chi connectivity index (χ2v) is 8.07. The van der Waals surface area contributed by atoms with Crippen LogP contribution in [0.25, 0.3) is 21.7 Å². The average Bonchev–Trinajstić information content (AvgIpc) is 3.03. The predicted octanol–water partition coefficient (Wildman–Crippen LogP) is 4.45. The molecule has 0 saturated heterocycles. The third kappa shape index (κ3) is 3.18. The number of nitrogens with zero attached hydrogens (tertiary/aromatic N) is 2. The van der Waals surface area contributed by atoms with Crippen LogP contribution in [0.3, 0.4) is 0 Å². The van der Waals surface area contributed by atoms with E-state index in [2.05, 4.69) is 9.93 Å². The number of hydrogen-bond donors (Lipinski definition) is 1. The standard InChI is InChI=1S/C19H14F3N3O2S/c1-12-5-8-17-13(9-12)6-7-14-11-23-25(18(14)17)24-28(26,27)16-4-2-3-15(10-16)19(20,21)22/h2-11,24H,1H3. The van der Waals surface area contributed by atoms with Crippen molar-refractivity contribution in [2.75, 3.05) is 4.83 Å². The van der Waals surface area contributed by atoms with Gasteiger partial charge in [-0.2, -0.15) is 36.3 Å². The van der Waals surface area contributed by atoms with Crippen molar-refractivity contribution >= 4 is 31.7 Å². The van der Waals surface area contributed by atoms with Crippen molar-refractivity contribution in [2.24, 2.45) is 0 Å². The van der Waals surface area contributed by atoms with Crippen LogP contribution in [0, 0.1) is 6.92 Å². The van der Waals surface area contributed by atoms with Gasteiger partial charge in [-0.15, -0.1) is 0 Å². The van der Waals surface area contributed by atoms with Crippen LogP contribution in [0.2, 0.25) is 0 Å². The number of aryl methyl sites for hydroxylation is 1. The van der Waals surface area contributed by atoms with Gasteiger partial charge < -0.3 is 0 Å². The Hall–Kier alpha value is -3.07. The third-order valence-corrected chi connectivity index (χ3v) is 5.67. The molecule has 0 radical (unpaired) electrons. The first-order valence-corrected chi connectivity index (χ1v) is 9.71. The fourth-order valence-corrected chi connectivity index (χ4v) is 4.05. The zero-order valence-corrected chi connectivity index (χ0v) is 15.3. The topological polar surface area (TPSA) is 64.0 Å². The Morgan fingerprint density at radius 2 is 1.75 bits per heavy atom. The quantitative estimate of drug-likeness (QED) is 0.548. The highest BCUT2D eigenvalue weighted by atomic mass is 32.2. The molecule has 9 heteroatoms. The number of aromatic nitrogens is 2. The summed E-state index contributed by atoms with van der Waals surface area (Å²) in [5, 5.41) is 6.42. The summed E-state index contributed by atoms with van der Waals surface area (Å²) in [5.41, 5.74) is 0.525. The minimum absolute atomic E-state index is 0.498. The smallest absolute Gasteiger partial charge is 0.200 e. The number of nitrogens with one attached hydrogen (secondary N) is 1. The molecule has 3 aromatic carbocycles. The van der Waals surface area contributed by atoms with Gasteiger partial charge in [-0.25, -0.2) is 0 Å². The molecule has 0 aliphatic heterocycles. The number of fused-ring (bicyclic) bond motifs is 3. The monoisotopic (exact) mass is 405 g/mol. The first kappa shape index (κ1) is 18.3. The Kier molecular flexibility index (Phi) is 4.07. The van der Waals surface area contributed by atoms with Crippen molar-refractivity contribution in [1.29, 1.82) is 0 Å². The van der Waals surface area contributed by atoms with E-state index in [1.807, 2.05) is 31.2 Å². The summed E-state index contributed by atoms with van der Waals surface area (Å²) in [6.45, 7) is 1.94. The fourth-order valence-electron chi connectivity index (χ4n) is 3.04. The molecule has 4 rings (SSSR count). The highest BCUT2D eigenvalue weighted by molar-refractivity contribution is 7.92. The SMILES string of the molecule is Cc1ccc2c(ccc3cnn(NS(=O)(=O)c4cccc(C(F)(F)F)c4)c32)c1. The first-order valence-electron chi connectivity index (χ1n) is 8.22. The number of benzene rings is 3. The lowest BCUT2D eigenvalue weighted by Gasteiger charge is -2.12. The van der Waals surface area contributed by atoms with E-state index < -0.39 is 26.7 Å². The molecule has 0 unspecified atom stereocenters. The molecule has 4 aromatic rings. The minimum atomic E-state index is -4.64. The molecule has 0 saturated carbocycles.